The van der Waals surface area contributed by atoms with Gasteiger partial charge in [-0.15, -0.1) is 36.6 Å². The van der Waals surface area contributed by atoms with Crippen LogP contribution >= 0.6 is 64.1 Å². The molecule has 0 saturated heterocycles. The highest BCUT2D eigenvalue weighted by molar-refractivity contribution is 9.10. The molecule has 0 fully saturated rings. The lowest BCUT2D eigenvalue weighted by molar-refractivity contribution is 0.897. The molecule has 7 heteroatoms. The van der Waals surface area contributed by atoms with Crippen LogP contribution in [0, 0.1) is 0 Å². The minimum atomic E-state index is 0. The van der Waals surface area contributed by atoms with Crippen LogP contribution in [0.4, 0.5) is 5.69 Å². The number of fused-ring (bicyclic) bond motifs is 1. The predicted octanol–water partition coefficient (Wildman–Crippen LogP) is 8.19. The highest BCUT2D eigenvalue weighted by Crippen LogP contribution is 2.31. The first kappa shape index (κ1) is 26.8. The van der Waals surface area contributed by atoms with Crippen LogP contribution in [0.3, 0.4) is 0 Å². The summed E-state index contributed by atoms with van der Waals surface area (Å²) in [5.41, 5.74) is 5.89. The summed E-state index contributed by atoms with van der Waals surface area (Å²) in [6, 6.07) is 22.9. The SMILES string of the molecule is CN1CCN=C(C=Cc2ccc(Br)cc2SCc2ccc(Cl)cc2)c2ccccc21.Cl.Cl. The van der Waals surface area contributed by atoms with E-state index < -0.39 is 0 Å². The number of halogens is 4. The van der Waals surface area contributed by atoms with Crippen molar-refractivity contribution < 1.29 is 0 Å². The van der Waals surface area contributed by atoms with Crippen molar-refractivity contribution in [2.45, 2.75) is 10.6 Å². The Hall–Kier alpha value is -1.43. The lowest BCUT2D eigenvalue weighted by Gasteiger charge is -2.18. The van der Waals surface area contributed by atoms with Gasteiger partial charge in [-0.3, -0.25) is 4.99 Å². The van der Waals surface area contributed by atoms with Crippen LogP contribution in [0.15, 0.2) is 87.2 Å². The first-order valence-corrected chi connectivity index (χ1v) is 12.0. The summed E-state index contributed by atoms with van der Waals surface area (Å²) in [4.78, 5) is 8.34. The second kappa shape index (κ2) is 12.7. The Morgan fingerprint density at radius 3 is 2.56 bits per heavy atom. The highest BCUT2D eigenvalue weighted by Gasteiger charge is 2.14. The number of anilines is 1. The Morgan fingerprint density at radius 2 is 1.78 bits per heavy atom. The number of benzodiazepines with no additional fused rings is 1. The molecule has 3 aromatic rings. The van der Waals surface area contributed by atoms with Crippen LogP contribution in [0.5, 0.6) is 0 Å². The van der Waals surface area contributed by atoms with Gasteiger partial charge < -0.3 is 4.90 Å². The van der Waals surface area contributed by atoms with Crippen molar-refractivity contribution in [2.24, 2.45) is 4.99 Å². The minimum Gasteiger partial charge on any atom is -0.372 e. The molecule has 0 aromatic heterocycles. The van der Waals surface area contributed by atoms with E-state index in [1.165, 1.54) is 27.3 Å². The third kappa shape index (κ3) is 6.79. The van der Waals surface area contributed by atoms with Gasteiger partial charge in [-0.05, 0) is 47.5 Å². The van der Waals surface area contributed by atoms with Crippen molar-refractivity contribution in [3.05, 3.63) is 99.0 Å². The third-order valence-electron chi connectivity index (χ3n) is 5.01. The average molecular weight is 571 g/mol. The number of rotatable bonds is 5. The van der Waals surface area contributed by atoms with Crippen molar-refractivity contribution in [1.29, 1.82) is 0 Å². The molecule has 0 saturated carbocycles. The molecule has 32 heavy (non-hydrogen) atoms. The molecule has 168 valence electrons. The van der Waals surface area contributed by atoms with Crippen LogP contribution in [-0.4, -0.2) is 25.8 Å². The van der Waals surface area contributed by atoms with Crippen molar-refractivity contribution in [3.8, 4) is 0 Å². The zero-order valence-corrected chi connectivity index (χ0v) is 22.3. The van der Waals surface area contributed by atoms with Crippen LogP contribution in [-0.2, 0) is 5.75 Å². The van der Waals surface area contributed by atoms with E-state index in [1.807, 2.05) is 23.9 Å². The summed E-state index contributed by atoms with van der Waals surface area (Å²) in [5.74, 6) is 0.892. The van der Waals surface area contributed by atoms with Gasteiger partial charge in [-0.2, -0.15) is 0 Å². The summed E-state index contributed by atoms with van der Waals surface area (Å²) in [6.45, 7) is 1.72. The van der Waals surface area contributed by atoms with Gasteiger partial charge in [0.1, 0.15) is 0 Å². The standard InChI is InChI=1S/C25H22BrClN2S.2ClH/c1-29-15-14-28-23(22-4-2-3-5-24(22)29)13-9-19-8-10-20(26)16-25(19)30-17-18-6-11-21(27)12-7-18;;/h2-13,16H,14-15,17H2,1H3;2*1H. The molecule has 0 atom stereocenters. The maximum atomic E-state index is 6.01. The predicted molar refractivity (Wildman–Crippen MR) is 150 cm³/mol. The number of para-hydroxylation sites is 1. The summed E-state index contributed by atoms with van der Waals surface area (Å²) < 4.78 is 1.08. The number of likely N-dealkylation sites (N-methyl/N-ethyl adjacent to an activating group) is 1. The number of hydrogen-bond acceptors (Lipinski definition) is 3. The van der Waals surface area contributed by atoms with Gasteiger partial charge in [0, 0.05) is 45.0 Å². The molecule has 0 N–H and O–H groups in total. The molecule has 2 nitrogen and oxygen atoms in total. The fraction of sp³-hybridized carbons (Fsp3) is 0.160. The molecule has 0 amide bonds. The van der Waals surface area contributed by atoms with E-state index in [1.54, 1.807) is 0 Å². The average Bonchev–Trinajstić information content (AvgIpc) is 2.92. The molecule has 4 rings (SSSR count). The molecule has 0 radical (unpaired) electrons. The smallest absolute Gasteiger partial charge is 0.0668 e. The number of thioether (sulfide) groups is 1. The summed E-state index contributed by atoms with van der Waals surface area (Å²) >= 11 is 11.4. The number of aliphatic imine (C=N–C) groups is 1. The Morgan fingerprint density at radius 1 is 1.03 bits per heavy atom. The number of nitrogens with zero attached hydrogens (tertiary/aromatic N) is 2. The number of allylic oxidation sites excluding steroid dienone is 1. The minimum absolute atomic E-state index is 0. The molecular formula is C25H24BrCl3N2S. The first-order chi connectivity index (χ1) is 14.6. The largest absolute Gasteiger partial charge is 0.372 e. The van der Waals surface area contributed by atoms with Crippen LogP contribution in [0.1, 0.15) is 16.7 Å². The maximum Gasteiger partial charge on any atom is 0.0668 e. The summed E-state index contributed by atoms with van der Waals surface area (Å²) in [6.07, 6.45) is 4.32. The number of hydrogen-bond donors (Lipinski definition) is 0. The monoisotopic (exact) mass is 568 g/mol. The fourth-order valence-corrected chi connectivity index (χ4v) is 5.04. The van der Waals surface area contributed by atoms with E-state index in [2.05, 4.69) is 94.6 Å². The Labute approximate surface area is 220 Å². The molecule has 0 unspecified atom stereocenters. The lowest BCUT2D eigenvalue weighted by atomic mass is 10.1. The Kier molecular flexibility index (Phi) is 10.7. The van der Waals surface area contributed by atoms with Gasteiger partial charge >= 0.3 is 0 Å². The van der Waals surface area contributed by atoms with E-state index in [-0.39, 0.29) is 24.8 Å². The zero-order chi connectivity index (χ0) is 20.9. The lowest BCUT2D eigenvalue weighted by Crippen LogP contribution is -2.20. The second-order valence-corrected chi connectivity index (χ2v) is 9.51. The molecule has 0 aliphatic carbocycles. The maximum absolute atomic E-state index is 6.01. The van der Waals surface area contributed by atoms with Gasteiger partial charge in [-0.1, -0.05) is 70.0 Å². The number of benzene rings is 3. The van der Waals surface area contributed by atoms with Gasteiger partial charge in [0.25, 0.3) is 0 Å². The van der Waals surface area contributed by atoms with E-state index in [4.69, 9.17) is 16.6 Å². The quantitative estimate of drug-likeness (QED) is 0.288. The van der Waals surface area contributed by atoms with E-state index in [0.29, 0.717) is 0 Å². The van der Waals surface area contributed by atoms with Crippen LogP contribution in [0.2, 0.25) is 5.02 Å². The van der Waals surface area contributed by atoms with E-state index in [0.717, 1.165) is 34.0 Å². The van der Waals surface area contributed by atoms with Gasteiger partial charge in [0.05, 0.1) is 12.3 Å². The van der Waals surface area contributed by atoms with E-state index >= 15 is 0 Å². The Balaban J connectivity index is 0.00000181. The molecule has 1 aliphatic rings. The summed E-state index contributed by atoms with van der Waals surface area (Å²) in [7, 11) is 2.13. The van der Waals surface area contributed by atoms with Gasteiger partial charge in [0.15, 0.2) is 0 Å². The van der Waals surface area contributed by atoms with Crippen LogP contribution < -0.4 is 4.90 Å². The molecular weight excluding hydrogens is 547 g/mol. The normalized spacial score (nSPS) is 13.0. The third-order valence-corrected chi connectivity index (χ3v) is 6.90. The Bertz CT molecular complexity index is 1100. The first-order valence-electron chi connectivity index (χ1n) is 9.80. The van der Waals surface area contributed by atoms with Gasteiger partial charge in [0.2, 0.25) is 0 Å². The zero-order valence-electron chi connectivity index (χ0n) is 17.5. The molecule has 0 spiro atoms. The summed E-state index contributed by atoms with van der Waals surface area (Å²) in [5, 5.41) is 0.768. The second-order valence-electron chi connectivity index (χ2n) is 7.14. The van der Waals surface area contributed by atoms with Crippen LogP contribution in [0.25, 0.3) is 6.08 Å². The van der Waals surface area contributed by atoms with E-state index in [9.17, 15) is 0 Å². The van der Waals surface area contributed by atoms with Gasteiger partial charge in [-0.25, -0.2) is 0 Å². The fourth-order valence-electron chi connectivity index (χ4n) is 3.37. The van der Waals surface area contributed by atoms with Crippen molar-refractivity contribution in [1.82, 2.24) is 0 Å². The molecule has 0 bridgehead atoms. The molecule has 3 aromatic carbocycles. The van der Waals surface area contributed by atoms with Crippen molar-refractivity contribution >= 4 is 81.6 Å². The topological polar surface area (TPSA) is 15.6 Å². The molecule has 1 heterocycles. The highest BCUT2D eigenvalue weighted by atomic mass is 79.9. The van der Waals surface area contributed by atoms with Crippen molar-refractivity contribution in [2.75, 3.05) is 25.0 Å². The molecule has 1 aliphatic heterocycles. The van der Waals surface area contributed by atoms with Crippen molar-refractivity contribution in [3.63, 3.8) is 0 Å².